The number of anilines is 1. The number of amides is 1. The molecule has 20 heavy (non-hydrogen) atoms. The van der Waals surface area contributed by atoms with Crippen molar-refractivity contribution in [3.63, 3.8) is 0 Å². The van der Waals surface area contributed by atoms with Gasteiger partial charge in [-0.1, -0.05) is 0 Å². The second-order valence-electron chi connectivity index (χ2n) is 5.20. The maximum absolute atomic E-state index is 12.2. The molecule has 1 aliphatic heterocycles. The summed E-state index contributed by atoms with van der Waals surface area (Å²) in [4.78, 5) is 12.2. The van der Waals surface area contributed by atoms with Crippen molar-refractivity contribution in [1.29, 1.82) is 0 Å². The first kappa shape index (κ1) is 14.8. The first-order chi connectivity index (χ1) is 9.63. The number of nitrogens with two attached hydrogens (primary N) is 1. The average molecular weight is 280 g/mol. The molecule has 3 N–H and O–H groups in total. The zero-order valence-corrected chi connectivity index (χ0v) is 12.3. The maximum Gasteiger partial charge on any atom is 0.271 e. The van der Waals surface area contributed by atoms with Crippen LogP contribution < -0.4 is 11.1 Å². The van der Waals surface area contributed by atoms with E-state index in [-0.39, 0.29) is 12.0 Å². The number of nitrogens with zero attached hydrogens (tertiary/aromatic N) is 2. The molecule has 1 atom stereocenters. The Hall–Kier alpha value is -1.56. The molecule has 6 heteroatoms. The monoisotopic (exact) mass is 280 g/mol. The molecule has 2 heterocycles. The van der Waals surface area contributed by atoms with Crippen LogP contribution >= 0.6 is 0 Å². The SMILES string of the molecule is CCn1nc(C)c(N)c1C(=O)NCCC1CCCCO1. The molecule has 1 fully saturated rings. The van der Waals surface area contributed by atoms with Gasteiger partial charge in [0.25, 0.3) is 5.91 Å². The summed E-state index contributed by atoms with van der Waals surface area (Å²) in [6, 6.07) is 0. The highest BCUT2D eigenvalue weighted by Gasteiger charge is 2.19. The molecule has 1 aliphatic rings. The normalized spacial score (nSPS) is 19.0. The number of aryl methyl sites for hydroxylation is 2. The Morgan fingerprint density at radius 3 is 3.00 bits per heavy atom. The Morgan fingerprint density at radius 1 is 1.55 bits per heavy atom. The highest BCUT2D eigenvalue weighted by atomic mass is 16.5. The van der Waals surface area contributed by atoms with Crippen molar-refractivity contribution in [3.05, 3.63) is 11.4 Å². The van der Waals surface area contributed by atoms with Crippen LogP contribution in [-0.2, 0) is 11.3 Å². The molecule has 0 spiro atoms. The summed E-state index contributed by atoms with van der Waals surface area (Å²) in [5, 5.41) is 7.17. The van der Waals surface area contributed by atoms with Crippen LogP contribution in [0.3, 0.4) is 0 Å². The van der Waals surface area contributed by atoms with Crippen LogP contribution in [0.25, 0.3) is 0 Å². The number of hydrogen-bond acceptors (Lipinski definition) is 4. The van der Waals surface area contributed by atoms with Gasteiger partial charge < -0.3 is 15.8 Å². The highest BCUT2D eigenvalue weighted by molar-refractivity contribution is 5.97. The molecular weight excluding hydrogens is 256 g/mol. The summed E-state index contributed by atoms with van der Waals surface area (Å²) >= 11 is 0. The molecule has 6 nitrogen and oxygen atoms in total. The largest absolute Gasteiger partial charge is 0.395 e. The van der Waals surface area contributed by atoms with Gasteiger partial charge in [0.05, 0.1) is 17.5 Å². The van der Waals surface area contributed by atoms with Gasteiger partial charge in [0.15, 0.2) is 0 Å². The third-order valence-electron chi connectivity index (χ3n) is 3.71. The van der Waals surface area contributed by atoms with Crippen molar-refractivity contribution in [1.82, 2.24) is 15.1 Å². The molecular formula is C14H24N4O2. The van der Waals surface area contributed by atoms with Crippen LogP contribution in [0.4, 0.5) is 5.69 Å². The Bertz CT molecular complexity index is 464. The smallest absolute Gasteiger partial charge is 0.271 e. The summed E-state index contributed by atoms with van der Waals surface area (Å²) in [7, 11) is 0. The predicted molar refractivity (Wildman–Crippen MR) is 77.6 cm³/mol. The zero-order valence-electron chi connectivity index (χ0n) is 12.3. The molecule has 1 aromatic heterocycles. The van der Waals surface area contributed by atoms with Crippen LogP contribution in [0.1, 0.15) is 48.8 Å². The van der Waals surface area contributed by atoms with Crippen molar-refractivity contribution in [2.45, 2.75) is 52.2 Å². The lowest BCUT2D eigenvalue weighted by Crippen LogP contribution is -2.31. The second kappa shape index (κ2) is 6.74. The van der Waals surface area contributed by atoms with Crippen LogP contribution in [0.5, 0.6) is 0 Å². The Morgan fingerprint density at radius 2 is 2.35 bits per heavy atom. The van der Waals surface area contributed by atoms with Crippen molar-refractivity contribution in [3.8, 4) is 0 Å². The molecule has 1 unspecified atom stereocenters. The van der Waals surface area contributed by atoms with Crippen LogP contribution in [-0.4, -0.2) is 34.9 Å². The van der Waals surface area contributed by atoms with E-state index >= 15 is 0 Å². The van der Waals surface area contributed by atoms with Gasteiger partial charge in [-0.25, -0.2) is 0 Å². The lowest BCUT2D eigenvalue weighted by Gasteiger charge is -2.22. The number of aromatic nitrogens is 2. The number of rotatable bonds is 5. The number of nitrogens with one attached hydrogen (secondary N) is 1. The quantitative estimate of drug-likeness (QED) is 0.856. The second-order valence-corrected chi connectivity index (χ2v) is 5.20. The molecule has 0 bridgehead atoms. The standard InChI is InChI=1S/C14H24N4O2/c1-3-18-13(12(15)10(2)17-18)14(19)16-8-7-11-6-4-5-9-20-11/h11H,3-9,15H2,1-2H3,(H,16,19). The van der Waals surface area contributed by atoms with Crippen molar-refractivity contribution in [2.75, 3.05) is 18.9 Å². The van der Waals surface area contributed by atoms with E-state index in [1.165, 1.54) is 6.42 Å². The topological polar surface area (TPSA) is 82.2 Å². The Kier molecular flexibility index (Phi) is 5.00. The molecule has 112 valence electrons. The summed E-state index contributed by atoms with van der Waals surface area (Å²) in [5.74, 6) is -0.152. The molecule has 0 aromatic carbocycles. The van der Waals surface area contributed by atoms with Gasteiger partial charge in [-0.15, -0.1) is 0 Å². The van der Waals surface area contributed by atoms with Crippen LogP contribution in [0.2, 0.25) is 0 Å². The number of nitrogen functional groups attached to an aromatic ring is 1. The van der Waals surface area contributed by atoms with E-state index in [1.807, 2.05) is 13.8 Å². The van der Waals surface area contributed by atoms with Crippen molar-refractivity contribution in [2.24, 2.45) is 0 Å². The van der Waals surface area contributed by atoms with E-state index in [9.17, 15) is 4.79 Å². The third kappa shape index (κ3) is 3.30. The minimum absolute atomic E-state index is 0.152. The molecule has 2 rings (SSSR count). The highest BCUT2D eigenvalue weighted by Crippen LogP contribution is 2.17. The molecule has 0 saturated carbocycles. The summed E-state index contributed by atoms with van der Waals surface area (Å²) < 4.78 is 7.29. The van der Waals surface area contributed by atoms with Crippen molar-refractivity contribution < 1.29 is 9.53 Å². The lowest BCUT2D eigenvalue weighted by molar-refractivity contribution is 0.0117. The fourth-order valence-electron chi connectivity index (χ4n) is 2.53. The summed E-state index contributed by atoms with van der Waals surface area (Å²) in [6.45, 7) is 5.84. The molecule has 1 saturated heterocycles. The van der Waals surface area contributed by atoms with Gasteiger partial charge in [-0.3, -0.25) is 9.48 Å². The van der Waals surface area contributed by atoms with E-state index in [1.54, 1.807) is 4.68 Å². The van der Waals surface area contributed by atoms with E-state index in [4.69, 9.17) is 10.5 Å². The van der Waals surface area contributed by atoms with Gasteiger partial charge in [-0.2, -0.15) is 5.10 Å². The van der Waals surface area contributed by atoms with Gasteiger partial charge in [0.2, 0.25) is 0 Å². The number of ether oxygens (including phenoxy) is 1. The third-order valence-corrected chi connectivity index (χ3v) is 3.71. The minimum atomic E-state index is -0.152. The van der Waals surface area contributed by atoms with Gasteiger partial charge in [0.1, 0.15) is 5.69 Å². The first-order valence-corrected chi connectivity index (χ1v) is 7.36. The van der Waals surface area contributed by atoms with E-state index in [0.29, 0.717) is 30.2 Å². The molecule has 0 aliphatic carbocycles. The van der Waals surface area contributed by atoms with Gasteiger partial charge in [-0.05, 0) is 39.5 Å². The lowest BCUT2D eigenvalue weighted by atomic mass is 10.1. The number of carbonyl (C=O) groups is 1. The maximum atomic E-state index is 12.2. The predicted octanol–water partition coefficient (Wildman–Crippen LogP) is 1.48. The molecule has 1 amide bonds. The average Bonchev–Trinajstić information content (AvgIpc) is 2.75. The van der Waals surface area contributed by atoms with Crippen LogP contribution in [0.15, 0.2) is 0 Å². The van der Waals surface area contributed by atoms with Gasteiger partial charge in [0, 0.05) is 19.7 Å². The van der Waals surface area contributed by atoms with Crippen molar-refractivity contribution >= 4 is 11.6 Å². The Labute approximate surface area is 119 Å². The zero-order chi connectivity index (χ0) is 14.5. The van der Waals surface area contributed by atoms with Gasteiger partial charge >= 0.3 is 0 Å². The van der Waals surface area contributed by atoms with E-state index in [0.717, 1.165) is 25.9 Å². The molecule has 1 aromatic rings. The fourth-order valence-corrected chi connectivity index (χ4v) is 2.53. The fraction of sp³-hybridized carbons (Fsp3) is 0.714. The molecule has 0 radical (unpaired) electrons. The Balaban J connectivity index is 1.88. The van der Waals surface area contributed by atoms with E-state index in [2.05, 4.69) is 10.4 Å². The first-order valence-electron chi connectivity index (χ1n) is 7.36. The van der Waals surface area contributed by atoms with Crippen LogP contribution in [0, 0.1) is 6.92 Å². The number of carbonyl (C=O) groups excluding carboxylic acids is 1. The summed E-state index contributed by atoms with van der Waals surface area (Å²) in [5.41, 5.74) is 7.56. The minimum Gasteiger partial charge on any atom is -0.395 e. The summed E-state index contributed by atoms with van der Waals surface area (Å²) in [6.07, 6.45) is 4.58. The number of hydrogen-bond donors (Lipinski definition) is 2. The van der Waals surface area contributed by atoms with E-state index < -0.39 is 0 Å².